The first-order chi connectivity index (χ1) is 9.52. The molecule has 0 heterocycles. The van der Waals surface area contributed by atoms with Crippen LogP contribution >= 0.6 is 15.9 Å². The van der Waals surface area contributed by atoms with Crippen LogP contribution in [0.3, 0.4) is 0 Å². The fraction of sp³-hybridized carbons (Fsp3) is 0.0714. The predicted molar refractivity (Wildman–Crippen MR) is 79.5 cm³/mol. The number of rotatable bonds is 3. The van der Waals surface area contributed by atoms with Crippen molar-refractivity contribution < 1.29 is 13.9 Å². The van der Waals surface area contributed by atoms with Gasteiger partial charge in [0.05, 0.1) is 17.1 Å². The molecule has 0 bridgehead atoms. The van der Waals surface area contributed by atoms with Gasteiger partial charge in [0.2, 0.25) is 0 Å². The van der Waals surface area contributed by atoms with E-state index in [0.29, 0.717) is 21.4 Å². The van der Waals surface area contributed by atoms with E-state index in [9.17, 15) is 9.18 Å². The van der Waals surface area contributed by atoms with Gasteiger partial charge in [-0.25, -0.2) is 4.39 Å². The molecule has 20 heavy (non-hydrogen) atoms. The molecule has 6 heteroatoms. The maximum atomic E-state index is 13.5. The number of ether oxygens (including phenoxy) is 1. The van der Waals surface area contributed by atoms with Crippen molar-refractivity contribution >= 4 is 33.2 Å². The summed E-state index contributed by atoms with van der Waals surface area (Å²) in [7, 11) is 1.38. The summed E-state index contributed by atoms with van der Waals surface area (Å²) in [4.78, 5) is 12.1. The highest BCUT2D eigenvalue weighted by molar-refractivity contribution is 9.10. The molecule has 0 aliphatic carbocycles. The van der Waals surface area contributed by atoms with Crippen LogP contribution in [0.4, 0.5) is 15.8 Å². The van der Waals surface area contributed by atoms with Crippen molar-refractivity contribution in [1.82, 2.24) is 0 Å². The molecule has 0 aliphatic rings. The first-order valence-electron chi connectivity index (χ1n) is 5.72. The van der Waals surface area contributed by atoms with E-state index in [4.69, 9.17) is 10.5 Å². The van der Waals surface area contributed by atoms with Gasteiger partial charge in [0.15, 0.2) is 11.6 Å². The summed E-state index contributed by atoms with van der Waals surface area (Å²) >= 11 is 3.25. The van der Waals surface area contributed by atoms with E-state index < -0.39 is 5.82 Å². The van der Waals surface area contributed by atoms with E-state index in [1.54, 1.807) is 24.3 Å². The Labute approximate surface area is 123 Å². The van der Waals surface area contributed by atoms with Crippen LogP contribution in [0.25, 0.3) is 0 Å². The van der Waals surface area contributed by atoms with Crippen LogP contribution < -0.4 is 15.8 Å². The van der Waals surface area contributed by atoms with E-state index in [2.05, 4.69) is 21.2 Å². The molecule has 0 atom stereocenters. The van der Waals surface area contributed by atoms with E-state index in [1.165, 1.54) is 19.2 Å². The predicted octanol–water partition coefficient (Wildman–Crippen LogP) is 3.43. The second kappa shape index (κ2) is 5.92. The number of carbonyl (C=O) groups excluding carboxylic acids is 1. The summed E-state index contributed by atoms with van der Waals surface area (Å²) in [6.45, 7) is 0. The number of anilines is 2. The molecule has 0 fully saturated rings. The molecule has 0 saturated heterocycles. The maximum absolute atomic E-state index is 13.5. The van der Waals surface area contributed by atoms with Gasteiger partial charge in [0.25, 0.3) is 5.91 Å². The fourth-order valence-electron chi connectivity index (χ4n) is 1.67. The Kier molecular flexibility index (Phi) is 4.24. The Hall–Kier alpha value is -2.08. The van der Waals surface area contributed by atoms with E-state index in [-0.39, 0.29) is 11.7 Å². The molecule has 2 rings (SSSR count). The van der Waals surface area contributed by atoms with Crippen molar-refractivity contribution in [1.29, 1.82) is 0 Å². The molecular formula is C14H12BrFN2O2. The summed E-state index contributed by atoms with van der Waals surface area (Å²) in [5.74, 6) is -0.807. The van der Waals surface area contributed by atoms with Crippen molar-refractivity contribution in [3.05, 3.63) is 52.3 Å². The number of nitrogens with one attached hydrogen (secondary N) is 1. The minimum atomic E-state index is -0.544. The Balaban J connectivity index is 2.24. The largest absolute Gasteiger partial charge is 0.494 e. The summed E-state index contributed by atoms with van der Waals surface area (Å²) in [6.07, 6.45) is 0. The van der Waals surface area contributed by atoms with Gasteiger partial charge < -0.3 is 15.8 Å². The SMILES string of the molecule is COc1ccc(NC(=O)c2cccc(N)c2Br)cc1F. The van der Waals surface area contributed by atoms with Crippen molar-refractivity contribution in [2.24, 2.45) is 0 Å². The van der Waals surface area contributed by atoms with Crippen LogP contribution in [0.1, 0.15) is 10.4 Å². The highest BCUT2D eigenvalue weighted by Gasteiger charge is 2.13. The monoisotopic (exact) mass is 338 g/mol. The zero-order valence-corrected chi connectivity index (χ0v) is 12.2. The van der Waals surface area contributed by atoms with Crippen LogP contribution in [0.2, 0.25) is 0 Å². The van der Waals surface area contributed by atoms with Gasteiger partial charge in [-0.2, -0.15) is 0 Å². The van der Waals surface area contributed by atoms with Gasteiger partial charge in [0, 0.05) is 17.4 Å². The lowest BCUT2D eigenvalue weighted by Gasteiger charge is -2.09. The molecule has 2 aromatic rings. The second-order valence-electron chi connectivity index (χ2n) is 4.01. The lowest BCUT2D eigenvalue weighted by atomic mass is 10.2. The quantitative estimate of drug-likeness (QED) is 0.842. The van der Waals surface area contributed by atoms with E-state index >= 15 is 0 Å². The Morgan fingerprint density at radius 3 is 2.75 bits per heavy atom. The van der Waals surface area contributed by atoms with Crippen molar-refractivity contribution in [2.75, 3.05) is 18.2 Å². The fourth-order valence-corrected chi connectivity index (χ4v) is 2.11. The maximum Gasteiger partial charge on any atom is 0.256 e. The van der Waals surface area contributed by atoms with Gasteiger partial charge >= 0.3 is 0 Å². The molecular weight excluding hydrogens is 327 g/mol. The highest BCUT2D eigenvalue weighted by Crippen LogP contribution is 2.25. The smallest absolute Gasteiger partial charge is 0.256 e. The number of benzene rings is 2. The van der Waals surface area contributed by atoms with Crippen LogP contribution in [0.15, 0.2) is 40.9 Å². The van der Waals surface area contributed by atoms with E-state index in [1.807, 2.05) is 0 Å². The molecule has 4 nitrogen and oxygen atoms in total. The molecule has 0 spiro atoms. The lowest BCUT2D eigenvalue weighted by Crippen LogP contribution is -2.13. The molecule has 0 unspecified atom stereocenters. The number of hydrogen-bond acceptors (Lipinski definition) is 3. The summed E-state index contributed by atoms with van der Waals surface area (Å²) in [5.41, 5.74) is 6.88. The second-order valence-corrected chi connectivity index (χ2v) is 4.81. The van der Waals surface area contributed by atoms with Crippen LogP contribution in [0.5, 0.6) is 5.75 Å². The van der Waals surface area contributed by atoms with Crippen molar-refractivity contribution in [3.63, 3.8) is 0 Å². The van der Waals surface area contributed by atoms with Crippen LogP contribution in [0, 0.1) is 5.82 Å². The average molecular weight is 339 g/mol. The summed E-state index contributed by atoms with van der Waals surface area (Å²) in [6, 6.07) is 9.16. The van der Waals surface area contributed by atoms with Crippen molar-refractivity contribution in [3.8, 4) is 5.75 Å². The molecule has 0 saturated carbocycles. The molecule has 3 N–H and O–H groups in total. The van der Waals surface area contributed by atoms with Crippen LogP contribution in [-0.2, 0) is 0 Å². The molecule has 0 aromatic heterocycles. The standard InChI is InChI=1S/C14H12BrFN2O2/c1-20-12-6-5-8(7-10(12)16)18-14(19)9-3-2-4-11(17)13(9)15/h2-7H,17H2,1H3,(H,18,19). The Bertz CT molecular complexity index is 662. The summed E-state index contributed by atoms with van der Waals surface area (Å²) in [5, 5.41) is 2.60. The minimum absolute atomic E-state index is 0.119. The van der Waals surface area contributed by atoms with Gasteiger partial charge in [-0.1, -0.05) is 6.07 Å². The van der Waals surface area contributed by atoms with Crippen molar-refractivity contribution in [2.45, 2.75) is 0 Å². The topological polar surface area (TPSA) is 64.3 Å². The Morgan fingerprint density at radius 2 is 2.10 bits per heavy atom. The van der Waals surface area contributed by atoms with E-state index in [0.717, 1.165) is 0 Å². The normalized spacial score (nSPS) is 10.2. The van der Waals surface area contributed by atoms with Gasteiger partial charge in [-0.15, -0.1) is 0 Å². The zero-order chi connectivity index (χ0) is 14.7. The number of halogens is 2. The van der Waals surface area contributed by atoms with Crippen LogP contribution in [-0.4, -0.2) is 13.0 Å². The summed E-state index contributed by atoms with van der Waals surface area (Å²) < 4.78 is 18.9. The minimum Gasteiger partial charge on any atom is -0.494 e. The molecule has 0 radical (unpaired) electrons. The Morgan fingerprint density at radius 1 is 1.35 bits per heavy atom. The number of amides is 1. The van der Waals surface area contributed by atoms with Gasteiger partial charge in [-0.3, -0.25) is 4.79 Å². The molecule has 2 aromatic carbocycles. The third-order valence-corrected chi connectivity index (χ3v) is 3.57. The highest BCUT2D eigenvalue weighted by atomic mass is 79.9. The number of hydrogen-bond donors (Lipinski definition) is 2. The lowest BCUT2D eigenvalue weighted by molar-refractivity contribution is 0.102. The zero-order valence-electron chi connectivity index (χ0n) is 10.6. The number of carbonyl (C=O) groups is 1. The number of nitrogens with two attached hydrogens (primary N) is 1. The molecule has 0 aliphatic heterocycles. The number of nitrogen functional groups attached to an aromatic ring is 1. The van der Waals surface area contributed by atoms with Gasteiger partial charge in [-0.05, 0) is 40.2 Å². The molecule has 104 valence electrons. The van der Waals surface area contributed by atoms with Gasteiger partial charge in [0.1, 0.15) is 0 Å². The first kappa shape index (κ1) is 14.3. The first-order valence-corrected chi connectivity index (χ1v) is 6.51. The average Bonchev–Trinajstić information content (AvgIpc) is 2.42. The molecule has 1 amide bonds. The third kappa shape index (κ3) is 2.91. The number of methoxy groups -OCH3 is 1. The third-order valence-electron chi connectivity index (χ3n) is 2.68.